The topological polar surface area (TPSA) is 54.0 Å². The van der Waals surface area contributed by atoms with Crippen molar-refractivity contribution in [2.45, 2.75) is 25.6 Å². The number of halogens is 3. The van der Waals surface area contributed by atoms with Crippen molar-refractivity contribution in [3.63, 3.8) is 0 Å². The lowest BCUT2D eigenvalue weighted by molar-refractivity contribution is -0.137. The first-order chi connectivity index (χ1) is 14.7. The van der Waals surface area contributed by atoms with E-state index in [1.807, 2.05) is 4.90 Å². The molecule has 168 valence electrons. The van der Waals surface area contributed by atoms with Crippen molar-refractivity contribution in [1.29, 1.82) is 0 Å². The maximum atomic E-state index is 13.2. The van der Waals surface area contributed by atoms with Gasteiger partial charge >= 0.3 is 12.2 Å². The van der Waals surface area contributed by atoms with Gasteiger partial charge in [0, 0.05) is 31.8 Å². The summed E-state index contributed by atoms with van der Waals surface area (Å²) in [6, 6.07) is 8.19. The van der Waals surface area contributed by atoms with E-state index in [4.69, 9.17) is 9.47 Å². The predicted octanol–water partition coefficient (Wildman–Crippen LogP) is 4.99. The quantitative estimate of drug-likeness (QED) is 0.692. The van der Waals surface area contributed by atoms with E-state index in [-0.39, 0.29) is 12.2 Å². The standard InChI is InChI=1S/C22H26F3N3O3/c1-27(14-15-6-8-17(30-2)13-20(15)31-3)21(29)26-18-12-16(22(23,24)25)7-9-19(18)28-10-4-5-11-28/h6-9,12-13H,4-5,10-11,14H2,1-3H3,(H,26,29). The van der Waals surface area contributed by atoms with E-state index in [2.05, 4.69) is 5.32 Å². The zero-order valence-electron chi connectivity index (χ0n) is 17.8. The Morgan fingerprint density at radius 3 is 2.42 bits per heavy atom. The molecule has 1 aliphatic rings. The Balaban J connectivity index is 1.81. The zero-order valence-corrected chi connectivity index (χ0v) is 17.8. The molecule has 9 heteroatoms. The van der Waals surface area contributed by atoms with E-state index >= 15 is 0 Å². The van der Waals surface area contributed by atoms with E-state index in [0.717, 1.165) is 43.6 Å². The second-order valence-electron chi connectivity index (χ2n) is 7.39. The van der Waals surface area contributed by atoms with Crippen LogP contribution in [0.3, 0.4) is 0 Å². The van der Waals surface area contributed by atoms with E-state index in [0.29, 0.717) is 17.2 Å². The van der Waals surface area contributed by atoms with E-state index in [1.165, 1.54) is 18.1 Å². The highest BCUT2D eigenvalue weighted by Crippen LogP contribution is 2.36. The molecular formula is C22H26F3N3O3. The van der Waals surface area contributed by atoms with Gasteiger partial charge in [0.15, 0.2) is 0 Å². The fourth-order valence-electron chi connectivity index (χ4n) is 3.57. The van der Waals surface area contributed by atoms with Gasteiger partial charge in [-0.1, -0.05) is 0 Å². The van der Waals surface area contributed by atoms with Gasteiger partial charge in [0.25, 0.3) is 0 Å². The highest BCUT2D eigenvalue weighted by Gasteiger charge is 2.32. The summed E-state index contributed by atoms with van der Waals surface area (Å²) in [6.45, 7) is 1.69. The van der Waals surface area contributed by atoms with Crippen molar-refractivity contribution < 1.29 is 27.4 Å². The van der Waals surface area contributed by atoms with Gasteiger partial charge in [0.1, 0.15) is 11.5 Å². The number of methoxy groups -OCH3 is 2. The summed E-state index contributed by atoms with van der Waals surface area (Å²) >= 11 is 0. The number of anilines is 2. The van der Waals surface area contributed by atoms with Gasteiger partial charge in [0.05, 0.1) is 37.7 Å². The molecule has 0 saturated carbocycles. The number of hydrogen-bond acceptors (Lipinski definition) is 4. The highest BCUT2D eigenvalue weighted by atomic mass is 19.4. The molecule has 6 nitrogen and oxygen atoms in total. The Kier molecular flexibility index (Phi) is 6.82. The van der Waals surface area contributed by atoms with Crippen molar-refractivity contribution >= 4 is 17.4 Å². The van der Waals surface area contributed by atoms with Crippen LogP contribution in [-0.2, 0) is 12.7 Å². The number of carbonyl (C=O) groups is 1. The predicted molar refractivity (Wildman–Crippen MR) is 113 cm³/mol. The van der Waals surface area contributed by atoms with Crippen LogP contribution in [-0.4, -0.2) is 45.3 Å². The summed E-state index contributed by atoms with van der Waals surface area (Å²) in [5.41, 5.74) is 0.680. The molecule has 0 atom stereocenters. The number of hydrogen-bond donors (Lipinski definition) is 1. The van der Waals surface area contributed by atoms with Crippen LogP contribution in [0.1, 0.15) is 24.0 Å². The largest absolute Gasteiger partial charge is 0.497 e. The molecule has 1 N–H and O–H groups in total. The van der Waals surface area contributed by atoms with E-state index in [9.17, 15) is 18.0 Å². The fraction of sp³-hybridized carbons (Fsp3) is 0.409. The maximum Gasteiger partial charge on any atom is 0.416 e. The van der Waals surface area contributed by atoms with Gasteiger partial charge in [0.2, 0.25) is 0 Å². The number of benzene rings is 2. The molecule has 2 aromatic carbocycles. The third kappa shape index (κ3) is 5.34. The molecule has 0 spiro atoms. The Labute approximate surface area is 179 Å². The number of nitrogens with one attached hydrogen (secondary N) is 1. The fourth-order valence-corrected chi connectivity index (χ4v) is 3.57. The van der Waals surface area contributed by atoms with Crippen LogP contribution >= 0.6 is 0 Å². The average molecular weight is 437 g/mol. The minimum absolute atomic E-state index is 0.148. The number of urea groups is 1. The van der Waals surface area contributed by atoms with Crippen molar-refractivity contribution in [3.05, 3.63) is 47.5 Å². The normalized spacial score (nSPS) is 13.8. The van der Waals surface area contributed by atoms with Gasteiger partial charge in [-0.05, 0) is 43.2 Å². The third-order valence-electron chi connectivity index (χ3n) is 5.26. The van der Waals surface area contributed by atoms with Gasteiger partial charge in [-0.2, -0.15) is 13.2 Å². The van der Waals surface area contributed by atoms with Crippen LogP contribution in [0.4, 0.5) is 29.3 Å². The Morgan fingerprint density at radius 1 is 1.10 bits per heavy atom. The first kappa shape index (κ1) is 22.6. The third-order valence-corrected chi connectivity index (χ3v) is 5.26. The Morgan fingerprint density at radius 2 is 1.81 bits per heavy atom. The molecule has 2 aromatic rings. The molecule has 1 heterocycles. The zero-order chi connectivity index (χ0) is 22.6. The minimum Gasteiger partial charge on any atom is -0.497 e. The summed E-state index contributed by atoms with van der Waals surface area (Å²) in [6.07, 6.45) is -2.57. The van der Waals surface area contributed by atoms with Crippen molar-refractivity contribution in [2.24, 2.45) is 0 Å². The van der Waals surface area contributed by atoms with Crippen LogP contribution in [0.2, 0.25) is 0 Å². The summed E-state index contributed by atoms with van der Waals surface area (Å²) in [4.78, 5) is 16.2. The molecular weight excluding hydrogens is 411 g/mol. The summed E-state index contributed by atoms with van der Waals surface area (Å²) < 4.78 is 50.3. The van der Waals surface area contributed by atoms with Gasteiger partial charge in [-0.3, -0.25) is 0 Å². The molecule has 31 heavy (non-hydrogen) atoms. The highest BCUT2D eigenvalue weighted by molar-refractivity contribution is 5.93. The molecule has 3 rings (SSSR count). The summed E-state index contributed by atoms with van der Waals surface area (Å²) in [7, 11) is 4.63. The number of rotatable bonds is 6. The van der Waals surface area contributed by atoms with Gasteiger partial charge in [-0.15, -0.1) is 0 Å². The van der Waals surface area contributed by atoms with Crippen molar-refractivity contribution in [1.82, 2.24) is 4.90 Å². The lowest BCUT2D eigenvalue weighted by atomic mass is 10.1. The van der Waals surface area contributed by atoms with Crippen LogP contribution in [0, 0.1) is 0 Å². The number of carbonyl (C=O) groups excluding carboxylic acids is 1. The molecule has 1 saturated heterocycles. The maximum absolute atomic E-state index is 13.2. The van der Waals surface area contributed by atoms with Crippen LogP contribution in [0.15, 0.2) is 36.4 Å². The van der Waals surface area contributed by atoms with Crippen LogP contribution in [0.5, 0.6) is 11.5 Å². The molecule has 0 aromatic heterocycles. The smallest absolute Gasteiger partial charge is 0.416 e. The Hall–Kier alpha value is -3.10. The van der Waals surface area contributed by atoms with Crippen LogP contribution < -0.4 is 19.7 Å². The summed E-state index contributed by atoms with van der Waals surface area (Å²) in [5, 5.41) is 2.66. The second-order valence-corrected chi connectivity index (χ2v) is 7.39. The number of nitrogens with zero attached hydrogens (tertiary/aromatic N) is 2. The van der Waals surface area contributed by atoms with Crippen molar-refractivity contribution in [3.8, 4) is 11.5 Å². The first-order valence-corrected chi connectivity index (χ1v) is 9.92. The van der Waals surface area contributed by atoms with Gasteiger partial charge in [-0.25, -0.2) is 4.79 Å². The van der Waals surface area contributed by atoms with E-state index < -0.39 is 17.8 Å². The molecule has 0 bridgehead atoms. The SMILES string of the molecule is COc1ccc(CN(C)C(=O)Nc2cc(C(F)(F)F)ccc2N2CCCC2)c(OC)c1. The second kappa shape index (κ2) is 9.36. The average Bonchev–Trinajstić information content (AvgIpc) is 3.27. The van der Waals surface area contributed by atoms with Crippen molar-refractivity contribution in [2.75, 3.05) is 44.6 Å². The molecule has 0 aliphatic carbocycles. The first-order valence-electron chi connectivity index (χ1n) is 9.92. The number of amides is 2. The summed E-state index contributed by atoms with van der Waals surface area (Å²) in [5.74, 6) is 1.17. The molecule has 1 fully saturated rings. The number of alkyl halides is 3. The van der Waals surface area contributed by atoms with Crippen LogP contribution in [0.25, 0.3) is 0 Å². The lowest BCUT2D eigenvalue weighted by Crippen LogP contribution is -2.32. The minimum atomic E-state index is -4.49. The lowest BCUT2D eigenvalue weighted by Gasteiger charge is -2.25. The molecule has 1 aliphatic heterocycles. The number of ether oxygens (including phenoxy) is 2. The van der Waals surface area contributed by atoms with Gasteiger partial charge < -0.3 is 24.6 Å². The molecule has 0 unspecified atom stereocenters. The molecule has 2 amide bonds. The van der Waals surface area contributed by atoms with E-state index in [1.54, 1.807) is 32.4 Å². The Bertz CT molecular complexity index is 928. The monoisotopic (exact) mass is 437 g/mol. The molecule has 0 radical (unpaired) electrons.